The van der Waals surface area contributed by atoms with E-state index in [-0.39, 0.29) is 11.6 Å². The average molecular weight is 210 g/mol. The molecular weight excluding hydrogens is 196 g/mol. The molecule has 0 amide bonds. The molecule has 0 aliphatic carbocycles. The number of aryl methyl sites for hydroxylation is 1. The Morgan fingerprint density at radius 1 is 1.60 bits per heavy atom. The predicted molar refractivity (Wildman–Crippen MR) is 56.0 cm³/mol. The SMILES string of the molecule is CCCCOc1ncc(C)cc1[N+](=O)[O-]. The fourth-order valence-electron chi connectivity index (χ4n) is 1.10. The summed E-state index contributed by atoms with van der Waals surface area (Å²) in [6, 6.07) is 1.47. The summed E-state index contributed by atoms with van der Waals surface area (Å²) in [6.45, 7) is 4.25. The molecule has 0 aromatic carbocycles. The van der Waals surface area contributed by atoms with E-state index in [4.69, 9.17) is 4.74 Å². The van der Waals surface area contributed by atoms with E-state index in [9.17, 15) is 10.1 Å². The van der Waals surface area contributed by atoms with Crippen LogP contribution in [0.25, 0.3) is 0 Å². The summed E-state index contributed by atoms with van der Waals surface area (Å²) in [4.78, 5) is 14.1. The number of hydrogen-bond acceptors (Lipinski definition) is 4. The van der Waals surface area contributed by atoms with Crippen LogP contribution in [0.3, 0.4) is 0 Å². The summed E-state index contributed by atoms with van der Waals surface area (Å²) in [7, 11) is 0. The van der Waals surface area contributed by atoms with Crippen LogP contribution >= 0.6 is 0 Å². The summed E-state index contributed by atoms with van der Waals surface area (Å²) < 4.78 is 5.24. The van der Waals surface area contributed by atoms with Crippen molar-refractivity contribution in [3.8, 4) is 5.88 Å². The molecule has 0 unspecified atom stereocenters. The van der Waals surface area contributed by atoms with Crippen LogP contribution in [-0.2, 0) is 0 Å². The van der Waals surface area contributed by atoms with E-state index in [1.54, 1.807) is 13.1 Å². The van der Waals surface area contributed by atoms with E-state index in [0.29, 0.717) is 6.61 Å². The van der Waals surface area contributed by atoms with Gasteiger partial charge < -0.3 is 4.74 Å². The molecule has 1 rings (SSSR count). The minimum absolute atomic E-state index is 0.0638. The monoisotopic (exact) mass is 210 g/mol. The van der Waals surface area contributed by atoms with Crippen molar-refractivity contribution in [1.29, 1.82) is 0 Å². The van der Waals surface area contributed by atoms with Gasteiger partial charge in [0.25, 0.3) is 5.88 Å². The first kappa shape index (κ1) is 11.4. The molecule has 0 N–H and O–H groups in total. The second-order valence-corrected chi connectivity index (χ2v) is 3.30. The van der Waals surface area contributed by atoms with Crippen molar-refractivity contribution in [1.82, 2.24) is 4.98 Å². The highest BCUT2D eigenvalue weighted by molar-refractivity contribution is 5.42. The molecule has 5 heteroatoms. The quantitative estimate of drug-likeness (QED) is 0.425. The third kappa shape index (κ3) is 3.19. The number of nitro groups is 1. The Labute approximate surface area is 88.2 Å². The Morgan fingerprint density at radius 3 is 2.93 bits per heavy atom. The molecule has 0 bridgehead atoms. The average Bonchev–Trinajstić information content (AvgIpc) is 2.20. The zero-order chi connectivity index (χ0) is 11.3. The van der Waals surface area contributed by atoms with E-state index < -0.39 is 4.92 Å². The summed E-state index contributed by atoms with van der Waals surface area (Å²) in [5.74, 6) is 0.110. The molecule has 0 saturated carbocycles. The Bertz CT molecular complexity index is 353. The molecule has 0 aliphatic rings. The molecule has 1 heterocycles. The molecule has 82 valence electrons. The van der Waals surface area contributed by atoms with Gasteiger partial charge in [-0.15, -0.1) is 0 Å². The molecule has 1 aromatic rings. The molecule has 0 radical (unpaired) electrons. The number of unbranched alkanes of at least 4 members (excludes halogenated alkanes) is 1. The highest BCUT2D eigenvalue weighted by Crippen LogP contribution is 2.24. The maximum Gasteiger partial charge on any atom is 0.331 e. The summed E-state index contributed by atoms with van der Waals surface area (Å²) in [5.41, 5.74) is 0.690. The van der Waals surface area contributed by atoms with Gasteiger partial charge >= 0.3 is 5.69 Å². The third-order valence-electron chi connectivity index (χ3n) is 1.90. The second kappa shape index (κ2) is 5.29. The molecule has 0 spiro atoms. The molecule has 1 aromatic heterocycles. The van der Waals surface area contributed by atoms with Gasteiger partial charge in [0.15, 0.2) is 0 Å². The van der Waals surface area contributed by atoms with Gasteiger partial charge in [0.05, 0.1) is 11.5 Å². The molecule has 5 nitrogen and oxygen atoms in total. The highest BCUT2D eigenvalue weighted by atomic mass is 16.6. The van der Waals surface area contributed by atoms with Crippen LogP contribution in [0.2, 0.25) is 0 Å². The van der Waals surface area contributed by atoms with E-state index in [1.807, 2.05) is 6.92 Å². The minimum Gasteiger partial charge on any atom is -0.473 e. The van der Waals surface area contributed by atoms with Crippen molar-refractivity contribution >= 4 is 5.69 Å². The number of aromatic nitrogens is 1. The molecule has 15 heavy (non-hydrogen) atoms. The number of ether oxygens (including phenoxy) is 1. The van der Waals surface area contributed by atoms with Crippen molar-refractivity contribution in [2.75, 3.05) is 6.61 Å². The fourth-order valence-corrected chi connectivity index (χ4v) is 1.10. The Kier molecular flexibility index (Phi) is 4.03. The van der Waals surface area contributed by atoms with Crippen LogP contribution < -0.4 is 4.74 Å². The minimum atomic E-state index is -0.471. The second-order valence-electron chi connectivity index (χ2n) is 3.30. The van der Waals surface area contributed by atoms with Crippen LogP contribution in [0.5, 0.6) is 5.88 Å². The molecular formula is C10H14N2O3. The van der Waals surface area contributed by atoms with Crippen LogP contribution in [0.4, 0.5) is 5.69 Å². The summed E-state index contributed by atoms with van der Waals surface area (Å²) in [6.07, 6.45) is 3.42. The van der Waals surface area contributed by atoms with Gasteiger partial charge in [-0.3, -0.25) is 10.1 Å². The lowest BCUT2D eigenvalue weighted by Crippen LogP contribution is -2.02. The number of rotatable bonds is 5. The fraction of sp³-hybridized carbons (Fsp3) is 0.500. The smallest absolute Gasteiger partial charge is 0.331 e. The first-order valence-corrected chi connectivity index (χ1v) is 4.89. The van der Waals surface area contributed by atoms with Crippen molar-refractivity contribution in [3.63, 3.8) is 0 Å². The van der Waals surface area contributed by atoms with E-state index in [2.05, 4.69) is 4.98 Å². The van der Waals surface area contributed by atoms with Crippen LogP contribution in [0.15, 0.2) is 12.3 Å². The van der Waals surface area contributed by atoms with Gasteiger partial charge in [-0.2, -0.15) is 0 Å². The largest absolute Gasteiger partial charge is 0.473 e. The van der Waals surface area contributed by atoms with Gasteiger partial charge in [0, 0.05) is 12.3 Å². The van der Waals surface area contributed by atoms with Gasteiger partial charge in [0.1, 0.15) is 0 Å². The number of nitrogens with zero attached hydrogens (tertiary/aromatic N) is 2. The van der Waals surface area contributed by atoms with Crippen LogP contribution in [0, 0.1) is 17.0 Å². The lowest BCUT2D eigenvalue weighted by Gasteiger charge is -2.04. The Morgan fingerprint density at radius 2 is 2.33 bits per heavy atom. The van der Waals surface area contributed by atoms with Crippen molar-refractivity contribution in [3.05, 3.63) is 27.9 Å². The standard InChI is InChI=1S/C10H14N2O3/c1-3-4-5-15-10-9(12(13)14)6-8(2)7-11-10/h6-7H,3-5H2,1-2H3. The van der Waals surface area contributed by atoms with Crippen molar-refractivity contribution in [2.24, 2.45) is 0 Å². The highest BCUT2D eigenvalue weighted by Gasteiger charge is 2.16. The van der Waals surface area contributed by atoms with Crippen LogP contribution in [0.1, 0.15) is 25.3 Å². The molecule has 0 atom stereocenters. The molecule has 0 saturated heterocycles. The first-order chi connectivity index (χ1) is 7.15. The van der Waals surface area contributed by atoms with Gasteiger partial charge in [-0.05, 0) is 18.9 Å². The van der Waals surface area contributed by atoms with Gasteiger partial charge in [-0.1, -0.05) is 13.3 Å². The zero-order valence-electron chi connectivity index (χ0n) is 8.90. The third-order valence-corrected chi connectivity index (χ3v) is 1.90. The summed E-state index contributed by atoms with van der Waals surface area (Å²) in [5, 5.41) is 10.7. The van der Waals surface area contributed by atoms with E-state index >= 15 is 0 Å². The van der Waals surface area contributed by atoms with Gasteiger partial charge in [0.2, 0.25) is 0 Å². The number of hydrogen-bond donors (Lipinski definition) is 0. The van der Waals surface area contributed by atoms with E-state index in [1.165, 1.54) is 6.07 Å². The Hall–Kier alpha value is -1.65. The maximum atomic E-state index is 10.7. The first-order valence-electron chi connectivity index (χ1n) is 4.89. The normalized spacial score (nSPS) is 10.0. The Balaban J connectivity index is 2.81. The zero-order valence-corrected chi connectivity index (χ0v) is 8.90. The van der Waals surface area contributed by atoms with Crippen molar-refractivity contribution in [2.45, 2.75) is 26.7 Å². The molecule has 0 aliphatic heterocycles. The maximum absolute atomic E-state index is 10.7. The van der Waals surface area contributed by atoms with Crippen LogP contribution in [-0.4, -0.2) is 16.5 Å². The van der Waals surface area contributed by atoms with Crippen molar-refractivity contribution < 1.29 is 9.66 Å². The topological polar surface area (TPSA) is 65.3 Å². The summed E-state index contributed by atoms with van der Waals surface area (Å²) >= 11 is 0. The lowest BCUT2D eigenvalue weighted by atomic mass is 10.3. The lowest BCUT2D eigenvalue weighted by molar-refractivity contribution is -0.386. The van der Waals surface area contributed by atoms with Gasteiger partial charge in [-0.25, -0.2) is 4.98 Å². The predicted octanol–water partition coefficient (Wildman–Crippen LogP) is 2.48. The van der Waals surface area contributed by atoms with E-state index in [0.717, 1.165) is 18.4 Å². The number of pyridine rings is 1. The molecule has 0 fully saturated rings.